The summed E-state index contributed by atoms with van der Waals surface area (Å²) in [5.74, 6) is 0.842. The molecule has 0 bridgehead atoms. The Morgan fingerprint density at radius 3 is 3.07 bits per heavy atom. The van der Waals surface area contributed by atoms with Gasteiger partial charge in [-0.15, -0.1) is 0 Å². The highest BCUT2D eigenvalue weighted by Gasteiger charge is 2.20. The fourth-order valence-corrected chi connectivity index (χ4v) is 3.58. The molecule has 1 aliphatic rings. The van der Waals surface area contributed by atoms with Crippen molar-refractivity contribution in [1.82, 2.24) is 19.5 Å². The van der Waals surface area contributed by atoms with Crippen molar-refractivity contribution in [2.45, 2.75) is 32.0 Å². The van der Waals surface area contributed by atoms with Crippen LogP contribution in [0, 0.1) is 0 Å². The predicted octanol–water partition coefficient (Wildman–Crippen LogP) is 2.21. The van der Waals surface area contributed by atoms with E-state index in [0.717, 1.165) is 49.5 Å². The average Bonchev–Trinajstić information content (AvgIpc) is 3.34. The smallest absolute Gasteiger partial charge is 0.272 e. The third-order valence-electron chi connectivity index (χ3n) is 4.85. The van der Waals surface area contributed by atoms with Gasteiger partial charge < -0.3 is 9.47 Å². The summed E-state index contributed by atoms with van der Waals surface area (Å²) in [6.07, 6.45) is 4.12. The minimum atomic E-state index is -0.0987. The number of fused-ring (bicyclic) bond motifs is 1. The van der Waals surface area contributed by atoms with E-state index >= 15 is 0 Å². The Morgan fingerprint density at radius 1 is 1.33 bits per heavy atom. The second kappa shape index (κ2) is 7.94. The number of benzene rings is 1. The lowest BCUT2D eigenvalue weighted by molar-refractivity contribution is 0.0674. The SMILES string of the molecule is COc1cccc(CN(Cc2cc(=O)n3[nH]ccc3n2)CC2CCCO2)c1. The molecule has 0 amide bonds. The molecule has 1 atom stereocenters. The molecular weight excluding hydrogens is 344 g/mol. The summed E-state index contributed by atoms with van der Waals surface area (Å²) in [5.41, 5.74) is 2.46. The first-order chi connectivity index (χ1) is 13.2. The third kappa shape index (κ3) is 4.20. The van der Waals surface area contributed by atoms with Crippen molar-refractivity contribution in [2.75, 3.05) is 20.3 Å². The third-order valence-corrected chi connectivity index (χ3v) is 4.85. The van der Waals surface area contributed by atoms with Gasteiger partial charge in [0.1, 0.15) is 5.75 Å². The summed E-state index contributed by atoms with van der Waals surface area (Å²) in [7, 11) is 1.67. The van der Waals surface area contributed by atoms with Gasteiger partial charge in [-0.1, -0.05) is 12.1 Å². The maximum atomic E-state index is 12.3. The molecule has 142 valence electrons. The van der Waals surface area contributed by atoms with Crippen molar-refractivity contribution in [1.29, 1.82) is 0 Å². The molecule has 1 unspecified atom stereocenters. The number of hydrogen-bond donors (Lipinski definition) is 1. The van der Waals surface area contributed by atoms with Gasteiger partial charge in [0.2, 0.25) is 0 Å². The van der Waals surface area contributed by atoms with Crippen molar-refractivity contribution in [3.63, 3.8) is 0 Å². The first-order valence-corrected chi connectivity index (χ1v) is 9.24. The van der Waals surface area contributed by atoms with Gasteiger partial charge in [-0.2, -0.15) is 0 Å². The van der Waals surface area contributed by atoms with Crippen LogP contribution < -0.4 is 10.3 Å². The topological polar surface area (TPSA) is 71.9 Å². The average molecular weight is 368 g/mol. The summed E-state index contributed by atoms with van der Waals surface area (Å²) in [6, 6.07) is 11.5. The highest BCUT2D eigenvalue weighted by molar-refractivity contribution is 5.36. The standard InChI is InChI=1S/C20H24N4O3/c1-26-17-5-2-4-15(10-17)12-23(14-18-6-3-9-27-18)13-16-11-20(25)24-19(22-16)7-8-21-24/h2,4-5,7-8,10-11,18,21H,3,6,9,12-14H2,1H3. The summed E-state index contributed by atoms with van der Waals surface area (Å²) in [4.78, 5) is 19.2. The molecule has 7 heteroatoms. The molecule has 0 aliphatic carbocycles. The summed E-state index contributed by atoms with van der Waals surface area (Å²) in [5, 5.41) is 2.87. The minimum absolute atomic E-state index is 0.0987. The van der Waals surface area contributed by atoms with E-state index in [1.807, 2.05) is 18.2 Å². The van der Waals surface area contributed by atoms with E-state index in [1.54, 1.807) is 25.4 Å². The lowest BCUT2D eigenvalue weighted by Crippen LogP contribution is -2.32. The van der Waals surface area contributed by atoms with Gasteiger partial charge >= 0.3 is 0 Å². The lowest BCUT2D eigenvalue weighted by atomic mass is 10.1. The van der Waals surface area contributed by atoms with Gasteiger partial charge in [0.25, 0.3) is 5.56 Å². The first kappa shape index (κ1) is 17.8. The van der Waals surface area contributed by atoms with Crippen LogP contribution in [0.1, 0.15) is 24.1 Å². The van der Waals surface area contributed by atoms with Crippen molar-refractivity contribution in [2.24, 2.45) is 0 Å². The van der Waals surface area contributed by atoms with E-state index in [9.17, 15) is 4.79 Å². The number of aromatic amines is 1. The van der Waals surface area contributed by atoms with Crippen LogP contribution in [0.2, 0.25) is 0 Å². The van der Waals surface area contributed by atoms with Gasteiger partial charge in [0.05, 0.1) is 18.9 Å². The number of methoxy groups -OCH3 is 1. The molecule has 4 rings (SSSR count). The molecule has 1 aliphatic heterocycles. The largest absolute Gasteiger partial charge is 0.497 e. The monoisotopic (exact) mass is 368 g/mol. The first-order valence-electron chi connectivity index (χ1n) is 9.24. The van der Waals surface area contributed by atoms with E-state index in [4.69, 9.17) is 9.47 Å². The molecule has 1 aromatic carbocycles. The van der Waals surface area contributed by atoms with Crippen LogP contribution in [-0.2, 0) is 17.8 Å². The van der Waals surface area contributed by atoms with Crippen LogP contribution >= 0.6 is 0 Å². The molecule has 3 heterocycles. The summed E-state index contributed by atoms with van der Waals surface area (Å²) in [6.45, 7) is 2.97. The van der Waals surface area contributed by atoms with E-state index in [-0.39, 0.29) is 11.7 Å². The summed E-state index contributed by atoms with van der Waals surface area (Å²) >= 11 is 0. The van der Waals surface area contributed by atoms with E-state index in [2.05, 4.69) is 21.0 Å². The second-order valence-electron chi connectivity index (χ2n) is 6.90. The Hall–Kier alpha value is -2.64. The maximum Gasteiger partial charge on any atom is 0.272 e. The van der Waals surface area contributed by atoms with Gasteiger partial charge in [-0.25, -0.2) is 9.50 Å². The van der Waals surface area contributed by atoms with Gasteiger partial charge in [-0.05, 0) is 30.5 Å². The number of rotatable bonds is 7. The molecular formula is C20H24N4O3. The fourth-order valence-electron chi connectivity index (χ4n) is 3.58. The lowest BCUT2D eigenvalue weighted by Gasteiger charge is -2.25. The number of aromatic nitrogens is 3. The number of H-pyrrole nitrogens is 1. The summed E-state index contributed by atoms with van der Waals surface area (Å²) < 4.78 is 12.6. The van der Waals surface area contributed by atoms with Crippen molar-refractivity contribution >= 4 is 5.65 Å². The zero-order valence-corrected chi connectivity index (χ0v) is 15.4. The van der Waals surface area contributed by atoms with Gasteiger partial charge in [0.15, 0.2) is 5.65 Å². The van der Waals surface area contributed by atoms with E-state index in [0.29, 0.717) is 12.2 Å². The number of ether oxygens (including phenoxy) is 2. The molecule has 7 nitrogen and oxygen atoms in total. The van der Waals surface area contributed by atoms with Crippen molar-refractivity contribution < 1.29 is 9.47 Å². The molecule has 3 aromatic rings. The van der Waals surface area contributed by atoms with Gasteiger partial charge in [0, 0.05) is 44.6 Å². The number of nitrogens with one attached hydrogen (secondary N) is 1. The Morgan fingerprint density at radius 2 is 2.26 bits per heavy atom. The molecule has 0 radical (unpaired) electrons. The number of hydrogen-bond acceptors (Lipinski definition) is 5. The molecule has 27 heavy (non-hydrogen) atoms. The Kier molecular flexibility index (Phi) is 5.22. The zero-order valence-electron chi connectivity index (χ0n) is 15.4. The maximum absolute atomic E-state index is 12.3. The quantitative estimate of drug-likeness (QED) is 0.692. The zero-order chi connectivity index (χ0) is 18.6. The van der Waals surface area contributed by atoms with Crippen LogP contribution in [-0.4, -0.2) is 45.9 Å². The van der Waals surface area contributed by atoms with Crippen LogP contribution in [0.4, 0.5) is 0 Å². The normalized spacial score (nSPS) is 17.0. The molecule has 0 spiro atoms. The van der Waals surface area contributed by atoms with Crippen LogP contribution in [0.3, 0.4) is 0 Å². The predicted molar refractivity (Wildman–Crippen MR) is 102 cm³/mol. The van der Waals surface area contributed by atoms with Crippen LogP contribution in [0.25, 0.3) is 5.65 Å². The van der Waals surface area contributed by atoms with Crippen LogP contribution in [0.5, 0.6) is 5.75 Å². The Balaban J connectivity index is 1.56. The second-order valence-corrected chi connectivity index (χ2v) is 6.90. The van der Waals surface area contributed by atoms with Crippen LogP contribution in [0.15, 0.2) is 47.4 Å². The molecule has 1 saturated heterocycles. The van der Waals surface area contributed by atoms with Crippen molar-refractivity contribution in [3.05, 3.63) is 64.2 Å². The Bertz CT molecular complexity index is 959. The van der Waals surface area contributed by atoms with Gasteiger partial charge in [-0.3, -0.25) is 14.8 Å². The molecule has 1 N–H and O–H groups in total. The molecule has 2 aromatic heterocycles. The Labute approximate surface area is 157 Å². The molecule has 0 saturated carbocycles. The minimum Gasteiger partial charge on any atom is -0.497 e. The molecule has 1 fully saturated rings. The highest BCUT2D eigenvalue weighted by atomic mass is 16.5. The number of nitrogens with zero attached hydrogens (tertiary/aromatic N) is 3. The van der Waals surface area contributed by atoms with Crippen molar-refractivity contribution in [3.8, 4) is 5.75 Å². The fraction of sp³-hybridized carbons (Fsp3) is 0.400. The van der Waals surface area contributed by atoms with E-state index in [1.165, 1.54) is 4.52 Å². The highest BCUT2D eigenvalue weighted by Crippen LogP contribution is 2.19. The van der Waals surface area contributed by atoms with E-state index < -0.39 is 0 Å².